The lowest BCUT2D eigenvalue weighted by atomic mass is 9.79. The second-order valence-corrected chi connectivity index (χ2v) is 7.61. The van der Waals surface area contributed by atoms with E-state index in [0.717, 1.165) is 21.7 Å². The summed E-state index contributed by atoms with van der Waals surface area (Å²) in [5.74, 6) is 1.28. The van der Waals surface area contributed by atoms with Gasteiger partial charge in [0, 0.05) is 5.92 Å². The summed E-state index contributed by atoms with van der Waals surface area (Å²) in [6, 6.07) is 3.70. The van der Waals surface area contributed by atoms with Gasteiger partial charge in [-0.1, -0.05) is 31.4 Å². The van der Waals surface area contributed by atoms with Gasteiger partial charge in [0.1, 0.15) is 0 Å². The van der Waals surface area contributed by atoms with Crippen LogP contribution >= 0.6 is 22.9 Å². The van der Waals surface area contributed by atoms with Crippen LogP contribution in [0.3, 0.4) is 0 Å². The Morgan fingerprint density at radius 3 is 2.78 bits per heavy atom. The Morgan fingerprint density at radius 2 is 2.17 bits per heavy atom. The van der Waals surface area contributed by atoms with Crippen LogP contribution in [0.4, 0.5) is 5.00 Å². The van der Waals surface area contributed by atoms with Crippen molar-refractivity contribution in [1.29, 1.82) is 0 Å². The van der Waals surface area contributed by atoms with E-state index in [1.807, 2.05) is 12.1 Å². The Bertz CT molecular complexity index is 462. The largest absolute Gasteiger partial charge is 0.317 e. The zero-order chi connectivity index (χ0) is 12.8. The smallest absolute Gasteiger partial charge is 0.228 e. The van der Waals surface area contributed by atoms with Crippen molar-refractivity contribution < 1.29 is 4.79 Å². The second kappa shape index (κ2) is 4.53. The highest BCUT2D eigenvalue weighted by atomic mass is 35.5. The molecule has 2 aliphatic rings. The molecule has 4 heteroatoms. The van der Waals surface area contributed by atoms with Crippen molar-refractivity contribution in [1.82, 2.24) is 0 Å². The second-order valence-electron chi connectivity index (χ2n) is 5.89. The number of halogens is 1. The molecule has 1 N–H and O–H groups in total. The molecule has 2 saturated carbocycles. The highest BCUT2D eigenvalue weighted by molar-refractivity contribution is 7.20. The van der Waals surface area contributed by atoms with Crippen molar-refractivity contribution in [2.45, 2.75) is 39.0 Å². The van der Waals surface area contributed by atoms with Crippen LogP contribution in [0.2, 0.25) is 4.34 Å². The van der Waals surface area contributed by atoms with Crippen LogP contribution in [0.1, 0.15) is 39.0 Å². The van der Waals surface area contributed by atoms with E-state index < -0.39 is 0 Å². The molecule has 1 heterocycles. The summed E-state index contributed by atoms with van der Waals surface area (Å²) in [6.45, 7) is 2.32. The predicted molar refractivity (Wildman–Crippen MR) is 76.1 cm³/mol. The molecule has 18 heavy (non-hydrogen) atoms. The third kappa shape index (κ3) is 2.30. The van der Waals surface area contributed by atoms with Gasteiger partial charge in [-0.25, -0.2) is 0 Å². The zero-order valence-corrected chi connectivity index (χ0v) is 12.1. The summed E-state index contributed by atoms with van der Waals surface area (Å²) in [6.07, 6.45) is 6.13. The Labute approximate surface area is 117 Å². The van der Waals surface area contributed by atoms with Crippen molar-refractivity contribution >= 4 is 33.8 Å². The van der Waals surface area contributed by atoms with Gasteiger partial charge in [0.05, 0.1) is 9.34 Å². The molecular weight excluding hydrogens is 266 g/mol. The Kier molecular flexibility index (Phi) is 3.15. The van der Waals surface area contributed by atoms with Gasteiger partial charge in [0.25, 0.3) is 0 Å². The van der Waals surface area contributed by atoms with Crippen LogP contribution in [0, 0.1) is 17.3 Å². The normalized spacial score (nSPS) is 34.6. The Morgan fingerprint density at radius 1 is 1.44 bits per heavy atom. The highest BCUT2D eigenvalue weighted by Crippen LogP contribution is 2.62. The number of anilines is 1. The fourth-order valence-electron chi connectivity index (χ4n) is 3.20. The molecule has 1 unspecified atom stereocenters. The molecule has 1 spiro atoms. The molecule has 1 amide bonds. The SMILES string of the molecule is CC1CCC2(CC1)CC2C(=O)Nc1ccc(Cl)s1. The van der Waals surface area contributed by atoms with Crippen molar-refractivity contribution in [3.05, 3.63) is 16.5 Å². The summed E-state index contributed by atoms with van der Waals surface area (Å²) in [4.78, 5) is 12.2. The number of hydrogen-bond acceptors (Lipinski definition) is 2. The molecular formula is C14H18ClNOS. The summed E-state index contributed by atoms with van der Waals surface area (Å²) in [5, 5.41) is 3.87. The third-order valence-electron chi connectivity index (χ3n) is 4.60. The average molecular weight is 284 g/mol. The molecule has 0 aromatic carbocycles. The van der Waals surface area contributed by atoms with Crippen LogP contribution in [0.5, 0.6) is 0 Å². The number of amides is 1. The van der Waals surface area contributed by atoms with Crippen molar-refractivity contribution in [2.24, 2.45) is 17.3 Å². The summed E-state index contributed by atoms with van der Waals surface area (Å²) >= 11 is 7.29. The van der Waals surface area contributed by atoms with Gasteiger partial charge in [-0.15, -0.1) is 11.3 Å². The number of thiophene rings is 1. The molecule has 0 bridgehead atoms. The van der Waals surface area contributed by atoms with Gasteiger partial charge in [-0.3, -0.25) is 4.79 Å². The van der Waals surface area contributed by atoms with E-state index in [-0.39, 0.29) is 11.8 Å². The van der Waals surface area contributed by atoms with Gasteiger partial charge >= 0.3 is 0 Å². The molecule has 0 saturated heterocycles. The van der Waals surface area contributed by atoms with Crippen molar-refractivity contribution in [3.63, 3.8) is 0 Å². The first-order chi connectivity index (χ1) is 8.59. The summed E-state index contributed by atoms with van der Waals surface area (Å²) in [7, 11) is 0. The zero-order valence-electron chi connectivity index (χ0n) is 10.5. The lowest BCUT2D eigenvalue weighted by Gasteiger charge is -2.26. The van der Waals surface area contributed by atoms with Crippen molar-refractivity contribution in [2.75, 3.05) is 5.32 Å². The number of nitrogens with one attached hydrogen (secondary N) is 1. The van der Waals surface area contributed by atoms with E-state index in [1.165, 1.54) is 37.0 Å². The Balaban J connectivity index is 1.59. The first-order valence-corrected chi connectivity index (χ1v) is 7.85. The first kappa shape index (κ1) is 12.5. The number of hydrogen-bond donors (Lipinski definition) is 1. The van der Waals surface area contributed by atoms with Crippen LogP contribution in [0.15, 0.2) is 12.1 Å². The van der Waals surface area contributed by atoms with E-state index in [4.69, 9.17) is 11.6 Å². The average Bonchev–Trinajstić information content (AvgIpc) is 2.91. The van der Waals surface area contributed by atoms with E-state index in [0.29, 0.717) is 5.41 Å². The number of rotatable bonds is 2. The maximum absolute atomic E-state index is 12.2. The first-order valence-electron chi connectivity index (χ1n) is 6.65. The molecule has 0 radical (unpaired) electrons. The van der Waals surface area contributed by atoms with Gasteiger partial charge in [-0.05, 0) is 42.7 Å². The Hall–Kier alpha value is -0.540. The maximum atomic E-state index is 12.2. The van der Waals surface area contributed by atoms with E-state index in [9.17, 15) is 4.79 Å². The quantitative estimate of drug-likeness (QED) is 0.847. The third-order valence-corrected chi connectivity index (χ3v) is 5.74. The molecule has 1 aromatic rings. The number of carbonyl (C=O) groups excluding carboxylic acids is 1. The van der Waals surface area contributed by atoms with Crippen LogP contribution < -0.4 is 5.32 Å². The molecule has 3 rings (SSSR count). The van der Waals surface area contributed by atoms with Crippen molar-refractivity contribution in [3.8, 4) is 0 Å². The molecule has 98 valence electrons. The lowest BCUT2D eigenvalue weighted by molar-refractivity contribution is -0.118. The van der Waals surface area contributed by atoms with Crippen LogP contribution in [-0.4, -0.2) is 5.91 Å². The minimum absolute atomic E-state index is 0.197. The van der Waals surface area contributed by atoms with Gasteiger partial charge < -0.3 is 5.32 Å². The predicted octanol–water partition coefficient (Wildman–Crippen LogP) is 4.56. The summed E-state index contributed by atoms with van der Waals surface area (Å²) in [5.41, 5.74) is 0.345. The van der Waals surface area contributed by atoms with Crippen LogP contribution in [0.25, 0.3) is 0 Å². The lowest BCUT2D eigenvalue weighted by Crippen LogP contribution is -2.21. The molecule has 2 aliphatic carbocycles. The van der Waals surface area contributed by atoms with E-state index in [2.05, 4.69) is 12.2 Å². The fourth-order valence-corrected chi connectivity index (χ4v) is 4.14. The molecule has 2 nitrogen and oxygen atoms in total. The van der Waals surface area contributed by atoms with E-state index >= 15 is 0 Å². The summed E-state index contributed by atoms with van der Waals surface area (Å²) < 4.78 is 0.724. The minimum Gasteiger partial charge on any atom is -0.317 e. The molecule has 2 fully saturated rings. The molecule has 1 aromatic heterocycles. The molecule has 0 aliphatic heterocycles. The highest BCUT2D eigenvalue weighted by Gasteiger charge is 2.58. The van der Waals surface area contributed by atoms with Gasteiger partial charge in [0.2, 0.25) is 5.91 Å². The minimum atomic E-state index is 0.197. The topological polar surface area (TPSA) is 29.1 Å². The van der Waals surface area contributed by atoms with E-state index in [1.54, 1.807) is 0 Å². The van der Waals surface area contributed by atoms with Crippen LogP contribution in [-0.2, 0) is 4.79 Å². The fraction of sp³-hybridized carbons (Fsp3) is 0.643. The van der Waals surface area contributed by atoms with Gasteiger partial charge in [0.15, 0.2) is 0 Å². The number of carbonyl (C=O) groups is 1. The maximum Gasteiger partial charge on any atom is 0.228 e. The molecule has 1 atom stereocenters. The monoisotopic (exact) mass is 283 g/mol. The standard InChI is InChI=1S/C14H18ClNOS/c1-9-4-6-14(7-5-9)8-10(14)13(17)16-12-3-2-11(15)18-12/h2-3,9-10H,4-8H2,1H3,(H,16,17). The van der Waals surface area contributed by atoms with Gasteiger partial charge in [-0.2, -0.15) is 0 Å².